The molecule has 258 valence electrons. The molecule has 0 saturated heterocycles. The fraction of sp³-hybridized carbons (Fsp3) is 0.0400. The first-order valence-electron chi connectivity index (χ1n) is 18.8. The van der Waals surface area contributed by atoms with E-state index in [1.165, 1.54) is 38.2 Å². The predicted octanol–water partition coefficient (Wildman–Crippen LogP) is 13.1. The highest BCUT2D eigenvalue weighted by Crippen LogP contribution is 2.43. The molecule has 55 heavy (non-hydrogen) atoms. The van der Waals surface area contributed by atoms with Gasteiger partial charge in [-0.05, 0) is 76.9 Å². The fourth-order valence-electron chi connectivity index (χ4n) is 8.78. The van der Waals surface area contributed by atoms with Crippen LogP contribution in [-0.4, -0.2) is 14.5 Å². The lowest BCUT2D eigenvalue weighted by atomic mass is 9.93. The molecule has 4 aromatic heterocycles. The second-order valence-corrected chi connectivity index (χ2v) is 14.4. The van der Waals surface area contributed by atoms with Gasteiger partial charge in [0.1, 0.15) is 28.1 Å². The van der Waals surface area contributed by atoms with Crippen LogP contribution in [0, 0.1) is 0 Å². The number of hydrogen-bond acceptors (Lipinski definition) is 4. The van der Waals surface area contributed by atoms with Crippen LogP contribution in [0.5, 0.6) is 0 Å². The van der Waals surface area contributed by atoms with Gasteiger partial charge in [0.05, 0.1) is 11.0 Å². The van der Waals surface area contributed by atoms with Crippen molar-refractivity contribution in [3.05, 3.63) is 181 Å². The van der Waals surface area contributed by atoms with E-state index in [0.717, 1.165) is 79.7 Å². The molecule has 0 bridgehead atoms. The van der Waals surface area contributed by atoms with Gasteiger partial charge in [-0.1, -0.05) is 115 Å². The maximum Gasteiger partial charge on any atom is 0.180 e. The second kappa shape index (κ2) is 11.6. The van der Waals surface area contributed by atoms with Crippen LogP contribution in [0.3, 0.4) is 0 Å². The zero-order valence-electron chi connectivity index (χ0n) is 29.7. The molecular formula is C50H31N3O2. The first-order chi connectivity index (χ1) is 27.3. The van der Waals surface area contributed by atoms with E-state index in [0.29, 0.717) is 11.4 Å². The standard InChI is InChI=1S/C50H31N3O2/c1-3-12-30(13-4-1)33-23-25-40-38(28-33)45-35-17-8-7-14-31(35)22-26-41(45)53(40)34-24-27-43-39(29-34)46-37(19-11-21-44(46)54-43)50-51-47(32-15-5-2-6-16-32)49-48(52-50)36-18-9-10-20-42(36)55-49/h1-10,12-20,22-29H,11,21H2. The van der Waals surface area contributed by atoms with Gasteiger partial charge in [-0.25, -0.2) is 9.97 Å². The second-order valence-electron chi connectivity index (χ2n) is 14.4. The Morgan fingerprint density at radius 1 is 0.527 bits per heavy atom. The monoisotopic (exact) mass is 705 g/mol. The molecular weight excluding hydrogens is 675 g/mol. The van der Waals surface area contributed by atoms with Crippen molar-refractivity contribution in [1.82, 2.24) is 14.5 Å². The number of furan rings is 2. The van der Waals surface area contributed by atoms with Crippen LogP contribution in [0.1, 0.15) is 23.6 Å². The summed E-state index contributed by atoms with van der Waals surface area (Å²) in [4.78, 5) is 10.5. The molecule has 5 heteroatoms. The third-order valence-corrected chi connectivity index (χ3v) is 11.3. The minimum absolute atomic E-state index is 0.670. The normalized spacial score (nSPS) is 13.1. The molecule has 1 aliphatic rings. The van der Waals surface area contributed by atoms with E-state index < -0.39 is 0 Å². The van der Waals surface area contributed by atoms with Crippen LogP contribution in [0.15, 0.2) is 173 Å². The molecule has 4 heterocycles. The minimum Gasteiger partial charge on any atom is -0.460 e. The van der Waals surface area contributed by atoms with Gasteiger partial charge < -0.3 is 13.4 Å². The lowest BCUT2D eigenvalue weighted by molar-refractivity contribution is 0.545. The zero-order valence-corrected chi connectivity index (χ0v) is 29.7. The topological polar surface area (TPSA) is 57.0 Å². The van der Waals surface area contributed by atoms with Crippen molar-refractivity contribution in [2.24, 2.45) is 0 Å². The van der Waals surface area contributed by atoms with Gasteiger partial charge in [0.25, 0.3) is 0 Å². The molecule has 0 amide bonds. The number of hydrogen-bond donors (Lipinski definition) is 0. The van der Waals surface area contributed by atoms with Gasteiger partial charge in [0.2, 0.25) is 0 Å². The summed E-state index contributed by atoms with van der Waals surface area (Å²) in [5.74, 6) is 1.64. The summed E-state index contributed by atoms with van der Waals surface area (Å²) in [5.41, 5.74) is 12.8. The molecule has 1 aliphatic carbocycles. The molecule has 12 rings (SSSR count). The number of aryl methyl sites for hydroxylation is 1. The number of aromatic nitrogens is 3. The first-order valence-corrected chi connectivity index (χ1v) is 18.8. The predicted molar refractivity (Wildman–Crippen MR) is 224 cm³/mol. The van der Waals surface area contributed by atoms with Crippen LogP contribution in [0.4, 0.5) is 0 Å². The fourth-order valence-corrected chi connectivity index (χ4v) is 8.78. The molecule has 0 fully saturated rings. The number of benzene rings is 7. The zero-order chi connectivity index (χ0) is 36.0. The Hall–Kier alpha value is -7.24. The summed E-state index contributed by atoms with van der Waals surface area (Å²) in [6.07, 6.45) is 3.93. The average molecular weight is 706 g/mol. The molecule has 0 N–H and O–H groups in total. The van der Waals surface area contributed by atoms with Crippen LogP contribution < -0.4 is 0 Å². The maximum absolute atomic E-state index is 6.65. The summed E-state index contributed by atoms with van der Waals surface area (Å²) in [6.45, 7) is 0. The van der Waals surface area contributed by atoms with Crippen LogP contribution in [0.2, 0.25) is 0 Å². The van der Waals surface area contributed by atoms with E-state index in [1.807, 2.05) is 36.4 Å². The highest BCUT2D eigenvalue weighted by molar-refractivity contribution is 6.22. The van der Waals surface area contributed by atoms with E-state index >= 15 is 0 Å². The van der Waals surface area contributed by atoms with E-state index in [2.05, 4.69) is 132 Å². The van der Waals surface area contributed by atoms with Gasteiger partial charge in [-0.2, -0.15) is 0 Å². The molecule has 0 unspecified atom stereocenters. The van der Waals surface area contributed by atoms with Gasteiger partial charge in [-0.15, -0.1) is 0 Å². The summed E-state index contributed by atoms with van der Waals surface area (Å²) in [5, 5.41) is 6.98. The van der Waals surface area contributed by atoms with Crippen molar-refractivity contribution in [3.8, 4) is 28.1 Å². The lowest BCUT2D eigenvalue weighted by Gasteiger charge is -2.14. The number of nitrogens with zero attached hydrogens (tertiary/aromatic N) is 3. The van der Waals surface area contributed by atoms with Crippen molar-refractivity contribution in [3.63, 3.8) is 0 Å². The van der Waals surface area contributed by atoms with Crippen molar-refractivity contribution >= 4 is 71.2 Å². The molecule has 0 aliphatic heterocycles. The summed E-state index contributed by atoms with van der Waals surface area (Å²) in [6, 6.07) is 55.7. The Balaban J connectivity index is 1.09. The van der Waals surface area contributed by atoms with Crippen LogP contribution in [0.25, 0.3) is 99.3 Å². The number of para-hydroxylation sites is 1. The molecule has 0 spiro atoms. The molecule has 11 aromatic rings. The number of allylic oxidation sites excluding steroid dienone is 1. The molecule has 5 nitrogen and oxygen atoms in total. The number of rotatable bonds is 4. The van der Waals surface area contributed by atoms with Crippen LogP contribution >= 0.6 is 0 Å². The Kier molecular flexibility index (Phi) is 6.39. The lowest BCUT2D eigenvalue weighted by Crippen LogP contribution is -2.04. The van der Waals surface area contributed by atoms with E-state index in [1.54, 1.807) is 0 Å². The van der Waals surface area contributed by atoms with Gasteiger partial charge in [0, 0.05) is 50.4 Å². The van der Waals surface area contributed by atoms with E-state index in [4.69, 9.17) is 18.8 Å². The van der Waals surface area contributed by atoms with Crippen molar-refractivity contribution in [2.45, 2.75) is 12.8 Å². The Bertz CT molecular complexity index is 3370. The highest BCUT2D eigenvalue weighted by atomic mass is 16.3. The van der Waals surface area contributed by atoms with Gasteiger partial charge >= 0.3 is 0 Å². The van der Waals surface area contributed by atoms with Crippen molar-refractivity contribution < 1.29 is 8.83 Å². The quantitative estimate of drug-likeness (QED) is 0.183. The SMILES string of the molecule is C1=C(c2nc(-c3ccccc3)c3oc4ccccc4c3n2)c2c(oc3ccc(-n4c5ccc(-c6ccccc6)cc5c5c6ccccc6ccc54)cc23)CC1. The average Bonchev–Trinajstić information content (AvgIpc) is 3.93. The number of fused-ring (bicyclic) bond motifs is 11. The summed E-state index contributed by atoms with van der Waals surface area (Å²) < 4.78 is 15.5. The van der Waals surface area contributed by atoms with E-state index in [-0.39, 0.29) is 0 Å². The minimum atomic E-state index is 0.670. The third-order valence-electron chi connectivity index (χ3n) is 11.3. The smallest absolute Gasteiger partial charge is 0.180 e. The highest BCUT2D eigenvalue weighted by Gasteiger charge is 2.27. The van der Waals surface area contributed by atoms with Crippen molar-refractivity contribution in [1.29, 1.82) is 0 Å². The van der Waals surface area contributed by atoms with Gasteiger partial charge in [-0.3, -0.25) is 0 Å². The maximum atomic E-state index is 6.65. The van der Waals surface area contributed by atoms with Crippen molar-refractivity contribution in [2.75, 3.05) is 0 Å². The Morgan fingerprint density at radius 2 is 1.27 bits per heavy atom. The van der Waals surface area contributed by atoms with E-state index in [9.17, 15) is 0 Å². The molecule has 0 radical (unpaired) electrons. The summed E-state index contributed by atoms with van der Waals surface area (Å²) >= 11 is 0. The molecule has 0 saturated carbocycles. The summed E-state index contributed by atoms with van der Waals surface area (Å²) in [7, 11) is 0. The molecule has 7 aromatic carbocycles. The van der Waals surface area contributed by atoms with Gasteiger partial charge in [0.15, 0.2) is 11.4 Å². The third kappa shape index (κ3) is 4.53. The van der Waals surface area contributed by atoms with Crippen LogP contribution in [-0.2, 0) is 6.42 Å². The largest absolute Gasteiger partial charge is 0.460 e. The first kappa shape index (κ1) is 30.2. The Morgan fingerprint density at radius 3 is 2.15 bits per heavy atom. The Labute approximate surface area is 315 Å². The molecule has 0 atom stereocenters.